The molecular weight excluding hydrogens is 422 g/mol. The molecule has 7 nitrogen and oxygen atoms in total. The van der Waals surface area contributed by atoms with Gasteiger partial charge in [0, 0.05) is 18.9 Å². The summed E-state index contributed by atoms with van der Waals surface area (Å²) < 4.78 is 31.2. The highest BCUT2D eigenvalue weighted by atomic mass is 19.3. The summed E-state index contributed by atoms with van der Waals surface area (Å²) in [6, 6.07) is 14.1. The van der Waals surface area contributed by atoms with Gasteiger partial charge >= 0.3 is 12.1 Å². The number of amides is 2. The van der Waals surface area contributed by atoms with Crippen molar-refractivity contribution in [2.24, 2.45) is 0 Å². The molecule has 0 spiro atoms. The van der Waals surface area contributed by atoms with E-state index >= 15 is 0 Å². The molecule has 2 aromatic rings. The molecule has 0 radical (unpaired) electrons. The van der Waals surface area contributed by atoms with Gasteiger partial charge in [0.05, 0.1) is 6.42 Å². The molecule has 0 fully saturated rings. The van der Waals surface area contributed by atoms with E-state index in [0.29, 0.717) is 6.92 Å². The number of hydrogen-bond acceptors (Lipinski definition) is 4. The van der Waals surface area contributed by atoms with Gasteiger partial charge in [-0.25, -0.2) is 13.6 Å². The van der Waals surface area contributed by atoms with Crippen LogP contribution < -0.4 is 10.6 Å². The summed E-state index contributed by atoms with van der Waals surface area (Å²) >= 11 is 0. The Morgan fingerprint density at radius 2 is 1.62 bits per heavy atom. The van der Waals surface area contributed by atoms with Crippen LogP contribution in [0.4, 0.5) is 13.6 Å². The van der Waals surface area contributed by atoms with Crippen molar-refractivity contribution in [3.63, 3.8) is 0 Å². The number of alkyl carbamates (subject to hydrolysis) is 1. The number of carbonyl (C=O) groups is 3. The maximum Gasteiger partial charge on any atom is 0.407 e. The van der Waals surface area contributed by atoms with Gasteiger partial charge in [-0.3, -0.25) is 9.59 Å². The van der Waals surface area contributed by atoms with Crippen molar-refractivity contribution >= 4 is 18.0 Å². The zero-order valence-corrected chi connectivity index (χ0v) is 17.4. The lowest BCUT2D eigenvalue weighted by molar-refractivity contribution is -0.139. The van der Waals surface area contributed by atoms with Gasteiger partial charge in [0.25, 0.3) is 0 Å². The lowest BCUT2D eigenvalue weighted by atomic mass is 9.98. The third-order valence-corrected chi connectivity index (χ3v) is 5.19. The Morgan fingerprint density at radius 3 is 2.16 bits per heavy atom. The van der Waals surface area contributed by atoms with Crippen LogP contribution in [-0.4, -0.2) is 48.2 Å². The topological polar surface area (TPSA) is 105 Å². The monoisotopic (exact) mass is 446 g/mol. The minimum absolute atomic E-state index is 0.0106. The van der Waals surface area contributed by atoms with E-state index in [1.165, 1.54) is 0 Å². The second-order valence-corrected chi connectivity index (χ2v) is 7.73. The minimum atomic E-state index is -2.98. The number of carbonyl (C=O) groups excluding carboxylic acids is 2. The Kier molecular flexibility index (Phi) is 7.07. The summed E-state index contributed by atoms with van der Waals surface area (Å²) in [5.41, 5.74) is 4.10. The van der Waals surface area contributed by atoms with Crippen molar-refractivity contribution in [1.82, 2.24) is 10.6 Å². The normalized spacial score (nSPS) is 13.6. The molecule has 2 aromatic carbocycles. The van der Waals surface area contributed by atoms with Gasteiger partial charge in [0.2, 0.25) is 11.8 Å². The van der Waals surface area contributed by atoms with Crippen LogP contribution in [0.3, 0.4) is 0 Å². The summed E-state index contributed by atoms with van der Waals surface area (Å²) in [5, 5.41) is 13.5. The Balaban J connectivity index is 1.62. The van der Waals surface area contributed by atoms with Crippen molar-refractivity contribution in [2.45, 2.75) is 37.6 Å². The van der Waals surface area contributed by atoms with E-state index in [9.17, 15) is 23.2 Å². The SMILES string of the molecule is CC(F)(F)CCNC(=O)C(CC(=O)O)NC(=O)OCC1c2ccccc2-c2ccccc21. The van der Waals surface area contributed by atoms with E-state index in [1.807, 2.05) is 48.5 Å². The van der Waals surface area contributed by atoms with Gasteiger partial charge in [0.1, 0.15) is 12.6 Å². The predicted octanol–water partition coefficient (Wildman–Crippen LogP) is 3.53. The van der Waals surface area contributed by atoms with Crippen LogP contribution in [0.1, 0.15) is 36.8 Å². The van der Waals surface area contributed by atoms with Crippen LogP contribution in [0.2, 0.25) is 0 Å². The molecule has 170 valence electrons. The number of rotatable bonds is 9. The molecule has 3 rings (SSSR count). The van der Waals surface area contributed by atoms with Gasteiger partial charge in [-0.2, -0.15) is 0 Å². The number of alkyl halides is 2. The third kappa shape index (κ3) is 5.81. The molecule has 1 atom stereocenters. The number of benzene rings is 2. The molecule has 3 N–H and O–H groups in total. The van der Waals surface area contributed by atoms with Crippen LogP contribution in [0.25, 0.3) is 11.1 Å². The van der Waals surface area contributed by atoms with Crippen LogP contribution in [0, 0.1) is 0 Å². The van der Waals surface area contributed by atoms with Crippen LogP contribution >= 0.6 is 0 Å². The number of carboxylic acids is 1. The van der Waals surface area contributed by atoms with E-state index in [0.717, 1.165) is 22.3 Å². The van der Waals surface area contributed by atoms with Crippen molar-refractivity contribution in [2.75, 3.05) is 13.2 Å². The van der Waals surface area contributed by atoms with Crippen LogP contribution in [-0.2, 0) is 14.3 Å². The molecule has 32 heavy (non-hydrogen) atoms. The summed E-state index contributed by atoms with van der Waals surface area (Å²) in [6.07, 6.45) is -2.28. The Labute approximate surface area is 183 Å². The largest absolute Gasteiger partial charge is 0.481 e. The zero-order chi connectivity index (χ0) is 23.3. The Hall–Kier alpha value is -3.49. The maximum absolute atomic E-state index is 12.9. The van der Waals surface area contributed by atoms with E-state index in [1.54, 1.807) is 0 Å². The lowest BCUT2D eigenvalue weighted by Crippen LogP contribution is -2.48. The number of ether oxygens (including phenoxy) is 1. The van der Waals surface area contributed by atoms with E-state index < -0.39 is 42.8 Å². The first kappa shape index (κ1) is 23.2. The van der Waals surface area contributed by atoms with Gasteiger partial charge in [-0.1, -0.05) is 48.5 Å². The molecule has 1 aliphatic rings. The van der Waals surface area contributed by atoms with Gasteiger partial charge in [-0.05, 0) is 29.2 Å². The molecule has 0 aliphatic heterocycles. The van der Waals surface area contributed by atoms with E-state index in [-0.39, 0.29) is 19.1 Å². The van der Waals surface area contributed by atoms with Crippen LogP contribution in [0.15, 0.2) is 48.5 Å². The molecule has 1 unspecified atom stereocenters. The lowest BCUT2D eigenvalue weighted by Gasteiger charge is -2.19. The maximum atomic E-state index is 12.9. The van der Waals surface area contributed by atoms with Crippen molar-refractivity contribution in [3.8, 4) is 11.1 Å². The number of hydrogen-bond donors (Lipinski definition) is 3. The first-order valence-electron chi connectivity index (χ1n) is 10.1. The number of aliphatic carboxylic acids is 1. The van der Waals surface area contributed by atoms with Crippen molar-refractivity contribution < 1.29 is 33.0 Å². The highest BCUT2D eigenvalue weighted by Gasteiger charge is 2.30. The molecule has 0 heterocycles. The molecule has 0 saturated carbocycles. The van der Waals surface area contributed by atoms with Crippen molar-refractivity contribution in [1.29, 1.82) is 0 Å². The number of nitrogens with one attached hydrogen (secondary N) is 2. The standard InChI is InChI=1S/C23H24F2N2O5/c1-23(24,25)10-11-26-21(30)19(12-20(28)29)27-22(31)32-13-18-16-8-4-2-6-14(16)15-7-3-5-9-17(15)18/h2-9,18-19H,10-13H2,1H3,(H,26,30)(H,27,31)(H,28,29). The minimum Gasteiger partial charge on any atom is -0.481 e. The average molecular weight is 446 g/mol. The first-order valence-corrected chi connectivity index (χ1v) is 10.1. The fourth-order valence-electron chi connectivity index (χ4n) is 3.69. The predicted molar refractivity (Wildman–Crippen MR) is 112 cm³/mol. The second-order valence-electron chi connectivity index (χ2n) is 7.73. The molecule has 2 amide bonds. The molecular formula is C23H24F2N2O5. The molecule has 0 bridgehead atoms. The Morgan fingerprint density at radius 1 is 1.06 bits per heavy atom. The molecule has 0 saturated heterocycles. The fraction of sp³-hybridized carbons (Fsp3) is 0.348. The summed E-state index contributed by atoms with van der Waals surface area (Å²) in [6.45, 7) is 0.344. The zero-order valence-electron chi connectivity index (χ0n) is 17.4. The van der Waals surface area contributed by atoms with Gasteiger partial charge in [-0.15, -0.1) is 0 Å². The number of carboxylic acid groups (broad SMARTS) is 1. The summed E-state index contributed by atoms with van der Waals surface area (Å²) in [7, 11) is 0. The quantitative estimate of drug-likeness (QED) is 0.547. The van der Waals surface area contributed by atoms with Gasteiger partial charge < -0.3 is 20.5 Å². The van der Waals surface area contributed by atoms with E-state index in [2.05, 4.69) is 10.6 Å². The smallest absolute Gasteiger partial charge is 0.407 e. The average Bonchev–Trinajstić information content (AvgIpc) is 3.04. The molecule has 1 aliphatic carbocycles. The molecule has 9 heteroatoms. The number of halogens is 2. The number of fused-ring (bicyclic) bond motifs is 3. The Bertz CT molecular complexity index is 960. The highest BCUT2D eigenvalue weighted by Crippen LogP contribution is 2.44. The first-order chi connectivity index (χ1) is 15.2. The van der Waals surface area contributed by atoms with Gasteiger partial charge in [0.15, 0.2) is 0 Å². The highest BCUT2D eigenvalue weighted by molar-refractivity contribution is 5.89. The molecule has 0 aromatic heterocycles. The van der Waals surface area contributed by atoms with E-state index in [4.69, 9.17) is 9.84 Å². The third-order valence-electron chi connectivity index (χ3n) is 5.19. The van der Waals surface area contributed by atoms with Crippen molar-refractivity contribution in [3.05, 3.63) is 59.7 Å². The fourth-order valence-corrected chi connectivity index (χ4v) is 3.69. The summed E-state index contributed by atoms with van der Waals surface area (Å²) in [4.78, 5) is 35.6. The summed E-state index contributed by atoms with van der Waals surface area (Å²) in [5.74, 6) is -5.38. The second kappa shape index (κ2) is 9.76. The van der Waals surface area contributed by atoms with Crippen LogP contribution in [0.5, 0.6) is 0 Å².